The molecule has 0 fully saturated rings. The van der Waals surface area contributed by atoms with Crippen LogP contribution < -0.4 is 10.6 Å². The summed E-state index contributed by atoms with van der Waals surface area (Å²) in [4.78, 5) is 30.1. The highest BCUT2D eigenvalue weighted by Gasteiger charge is 2.21. The minimum Gasteiger partial charge on any atom is -0.462 e. The molecule has 0 aliphatic rings. The first-order chi connectivity index (χ1) is 15.4. The Hall–Kier alpha value is -2.71. The van der Waals surface area contributed by atoms with Crippen molar-refractivity contribution in [3.8, 4) is 11.3 Å². The Morgan fingerprint density at radius 2 is 1.84 bits per heavy atom. The molecule has 2 heterocycles. The number of nitrogens with one attached hydrogen (secondary N) is 2. The second-order valence-corrected chi connectivity index (χ2v) is 9.54. The summed E-state index contributed by atoms with van der Waals surface area (Å²) in [6.07, 6.45) is 3.63. The normalized spacial score (nSPS) is 10.8. The van der Waals surface area contributed by atoms with E-state index in [9.17, 15) is 9.59 Å². The predicted molar refractivity (Wildman–Crippen MR) is 133 cm³/mol. The van der Waals surface area contributed by atoms with Crippen molar-refractivity contribution in [2.45, 2.75) is 53.4 Å². The maximum atomic E-state index is 12.4. The van der Waals surface area contributed by atoms with Crippen molar-refractivity contribution in [1.29, 1.82) is 0 Å². The third kappa shape index (κ3) is 5.95. The Morgan fingerprint density at radius 3 is 2.53 bits per heavy atom. The van der Waals surface area contributed by atoms with Crippen LogP contribution in [0.3, 0.4) is 0 Å². The van der Waals surface area contributed by atoms with Crippen LogP contribution in [0.4, 0.5) is 15.8 Å². The zero-order chi connectivity index (χ0) is 23.1. The van der Waals surface area contributed by atoms with E-state index in [-0.39, 0.29) is 11.9 Å². The second-order valence-electron chi connectivity index (χ2n) is 7.45. The molecule has 6 nitrogen and oxygen atoms in total. The van der Waals surface area contributed by atoms with Gasteiger partial charge in [0.15, 0.2) is 5.13 Å². The first-order valence-electron chi connectivity index (χ1n) is 10.8. The molecule has 0 aliphatic carbocycles. The van der Waals surface area contributed by atoms with Crippen LogP contribution in [0.5, 0.6) is 0 Å². The summed E-state index contributed by atoms with van der Waals surface area (Å²) >= 11 is 3.00. The van der Waals surface area contributed by atoms with Crippen LogP contribution in [0.25, 0.3) is 11.3 Å². The lowest BCUT2D eigenvalue weighted by molar-refractivity contribution is -0.116. The van der Waals surface area contributed by atoms with E-state index in [1.54, 1.807) is 6.92 Å². The van der Waals surface area contributed by atoms with E-state index in [1.807, 2.05) is 43.5 Å². The number of benzene rings is 1. The molecule has 2 aromatic heterocycles. The Balaban J connectivity index is 1.68. The molecule has 0 saturated carbocycles. The van der Waals surface area contributed by atoms with Crippen LogP contribution in [0.15, 0.2) is 29.6 Å². The fraction of sp³-hybridized carbons (Fsp3) is 0.375. The zero-order valence-electron chi connectivity index (χ0n) is 18.9. The number of carbonyl (C=O) groups is 2. The zero-order valence-corrected chi connectivity index (χ0v) is 20.5. The van der Waals surface area contributed by atoms with Gasteiger partial charge in [-0.15, -0.1) is 22.7 Å². The van der Waals surface area contributed by atoms with E-state index in [2.05, 4.69) is 22.5 Å². The van der Waals surface area contributed by atoms with Crippen LogP contribution in [0.1, 0.15) is 60.3 Å². The third-order valence-corrected chi connectivity index (χ3v) is 6.94. The summed E-state index contributed by atoms with van der Waals surface area (Å²) in [5, 5.41) is 9.66. The molecule has 0 bridgehead atoms. The molecule has 0 spiro atoms. The molecule has 1 aromatic carbocycles. The van der Waals surface area contributed by atoms with E-state index in [0.29, 0.717) is 23.7 Å². The van der Waals surface area contributed by atoms with Crippen molar-refractivity contribution in [2.24, 2.45) is 0 Å². The maximum absolute atomic E-state index is 12.4. The number of nitrogens with zero attached hydrogens (tertiary/aromatic N) is 1. The van der Waals surface area contributed by atoms with Gasteiger partial charge in [0, 0.05) is 27.9 Å². The highest BCUT2D eigenvalue weighted by atomic mass is 32.1. The van der Waals surface area contributed by atoms with Gasteiger partial charge in [0.2, 0.25) is 5.91 Å². The van der Waals surface area contributed by atoms with Gasteiger partial charge in [-0.2, -0.15) is 0 Å². The molecule has 0 radical (unpaired) electrons. The minimum absolute atomic E-state index is 0.0466. The molecule has 2 N–H and O–H groups in total. The van der Waals surface area contributed by atoms with Gasteiger partial charge in [-0.05, 0) is 44.9 Å². The van der Waals surface area contributed by atoms with Gasteiger partial charge in [0.05, 0.1) is 17.9 Å². The van der Waals surface area contributed by atoms with E-state index in [4.69, 9.17) is 4.74 Å². The molecular formula is C24H29N3O3S2. The number of carbonyl (C=O) groups excluding carboxylic acids is 2. The predicted octanol–water partition coefficient (Wildman–Crippen LogP) is 6.93. The fourth-order valence-electron chi connectivity index (χ4n) is 3.21. The van der Waals surface area contributed by atoms with Crippen molar-refractivity contribution >= 4 is 50.4 Å². The number of aromatic nitrogens is 1. The quantitative estimate of drug-likeness (QED) is 0.248. The Morgan fingerprint density at radius 1 is 1.09 bits per heavy atom. The van der Waals surface area contributed by atoms with Gasteiger partial charge < -0.3 is 15.4 Å². The molecule has 0 unspecified atom stereocenters. The number of thiazole rings is 1. The number of unbranched alkanes of at least 4 members (excludes halogenated alkanes) is 2. The molecule has 3 aromatic rings. The summed E-state index contributed by atoms with van der Waals surface area (Å²) in [7, 11) is 0. The van der Waals surface area contributed by atoms with Crippen LogP contribution in [-0.2, 0) is 9.53 Å². The lowest BCUT2D eigenvalue weighted by Gasteiger charge is -2.06. The molecule has 0 atom stereocenters. The summed E-state index contributed by atoms with van der Waals surface area (Å²) < 4.78 is 5.22. The van der Waals surface area contributed by atoms with Crippen molar-refractivity contribution in [2.75, 3.05) is 17.2 Å². The average Bonchev–Trinajstić information content (AvgIpc) is 3.33. The number of aryl methyl sites for hydroxylation is 1. The first kappa shape index (κ1) is 23.9. The summed E-state index contributed by atoms with van der Waals surface area (Å²) in [5.74, 6) is -0.272. The number of amides is 1. The molecule has 0 aliphatic heterocycles. The van der Waals surface area contributed by atoms with Crippen LogP contribution in [0, 0.1) is 13.8 Å². The first-order valence-corrected chi connectivity index (χ1v) is 12.5. The van der Waals surface area contributed by atoms with Gasteiger partial charge in [-0.3, -0.25) is 4.79 Å². The third-order valence-electron chi connectivity index (χ3n) is 5.06. The fourth-order valence-corrected chi connectivity index (χ4v) is 5.04. The highest BCUT2D eigenvalue weighted by molar-refractivity contribution is 7.18. The number of esters is 1. The minimum atomic E-state index is -0.319. The topological polar surface area (TPSA) is 80.3 Å². The van der Waals surface area contributed by atoms with E-state index in [0.717, 1.165) is 51.6 Å². The number of thiophene rings is 1. The lowest BCUT2D eigenvalue weighted by Crippen LogP contribution is -2.10. The van der Waals surface area contributed by atoms with Crippen LogP contribution >= 0.6 is 22.7 Å². The standard InChI is InChI=1S/C24H29N3O3S2/c1-5-7-8-9-20(28)25-18-12-10-17(11-13-18)19-14-31-24(26-19)27-22-21(23(29)30-6-2)15(3)16(4)32-22/h10-14H,5-9H2,1-4H3,(H,25,28)(H,26,27). The number of rotatable bonds is 10. The Kier molecular flexibility index (Phi) is 8.41. The number of ether oxygens (including phenoxy) is 1. The Labute approximate surface area is 197 Å². The second kappa shape index (κ2) is 11.2. The van der Waals surface area contributed by atoms with Crippen molar-refractivity contribution < 1.29 is 14.3 Å². The molecule has 1 amide bonds. The van der Waals surface area contributed by atoms with Crippen molar-refractivity contribution in [3.05, 3.63) is 45.6 Å². The summed E-state index contributed by atoms with van der Waals surface area (Å²) in [6, 6.07) is 7.68. The average molecular weight is 472 g/mol. The number of hydrogen-bond donors (Lipinski definition) is 2. The molecule has 32 heavy (non-hydrogen) atoms. The van der Waals surface area contributed by atoms with Crippen molar-refractivity contribution in [3.63, 3.8) is 0 Å². The SMILES string of the molecule is CCCCCC(=O)Nc1ccc(-c2csc(Nc3sc(C)c(C)c3C(=O)OCC)n2)cc1. The van der Waals surface area contributed by atoms with Gasteiger partial charge in [0.1, 0.15) is 5.00 Å². The molecule has 170 valence electrons. The lowest BCUT2D eigenvalue weighted by atomic mass is 10.1. The Bertz CT molecular complexity index is 1070. The summed E-state index contributed by atoms with van der Waals surface area (Å²) in [6.45, 7) is 8.18. The van der Waals surface area contributed by atoms with Gasteiger partial charge >= 0.3 is 5.97 Å². The highest BCUT2D eigenvalue weighted by Crippen LogP contribution is 2.36. The number of anilines is 3. The van der Waals surface area contributed by atoms with Crippen LogP contribution in [-0.4, -0.2) is 23.5 Å². The molecule has 0 saturated heterocycles. The van der Waals surface area contributed by atoms with Gasteiger partial charge in [-0.25, -0.2) is 9.78 Å². The monoisotopic (exact) mass is 471 g/mol. The largest absolute Gasteiger partial charge is 0.462 e. The molecule has 8 heteroatoms. The smallest absolute Gasteiger partial charge is 0.341 e. The molecule has 3 rings (SSSR count). The van der Waals surface area contributed by atoms with E-state index >= 15 is 0 Å². The van der Waals surface area contributed by atoms with E-state index in [1.165, 1.54) is 22.7 Å². The molecular weight excluding hydrogens is 442 g/mol. The van der Waals surface area contributed by atoms with Gasteiger partial charge in [0.25, 0.3) is 0 Å². The van der Waals surface area contributed by atoms with E-state index < -0.39 is 0 Å². The maximum Gasteiger partial charge on any atom is 0.341 e. The van der Waals surface area contributed by atoms with Crippen LogP contribution in [0.2, 0.25) is 0 Å². The van der Waals surface area contributed by atoms with Crippen molar-refractivity contribution in [1.82, 2.24) is 4.98 Å². The number of hydrogen-bond acceptors (Lipinski definition) is 7. The summed E-state index contributed by atoms with van der Waals surface area (Å²) in [5.41, 5.74) is 4.08. The van der Waals surface area contributed by atoms with Gasteiger partial charge in [-0.1, -0.05) is 31.9 Å².